The van der Waals surface area contributed by atoms with E-state index in [1.165, 1.54) is 6.07 Å². The molecule has 0 spiro atoms. The van der Waals surface area contributed by atoms with Crippen LogP contribution in [0.3, 0.4) is 0 Å². The number of hydrogen-bond donors (Lipinski definition) is 2. The molecule has 0 bridgehead atoms. The number of carbonyl (C=O) groups is 1. The third-order valence-electron chi connectivity index (χ3n) is 9.64. The van der Waals surface area contributed by atoms with Crippen molar-refractivity contribution in [2.24, 2.45) is 5.92 Å². The van der Waals surface area contributed by atoms with Crippen LogP contribution in [0.25, 0.3) is 22.2 Å². The highest BCUT2D eigenvalue weighted by Gasteiger charge is 2.38. The lowest BCUT2D eigenvalue weighted by atomic mass is 9.77. The van der Waals surface area contributed by atoms with Crippen molar-refractivity contribution in [1.82, 2.24) is 30.4 Å². The maximum atomic E-state index is 15.5. The zero-order valence-electron chi connectivity index (χ0n) is 25.8. The minimum absolute atomic E-state index is 0.0987. The van der Waals surface area contributed by atoms with Crippen LogP contribution in [0.4, 0.5) is 8.78 Å². The van der Waals surface area contributed by atoms with Gasteiger partial charge in [-0.15, -0.1) is 0 Å². The maximum Gasteiger partial charge on any atom is 0.251 e. The number of halogens is 2. The van der Waals surface area contributed by atoms with Gasteiger partial charge in [0.25, 0.3) is 5.91 Å². The quantitative estimate of drug-likeness (QED) is 0.246. The number of likely N-dealkylation sites (tertiary alicyclic amines) is 1. The molecule has 4 aromatic rings. The second-order valence-corrected chi connectivity index (χ2v) is 12.8. The molecule has 0 radical (unpaired) electrons. The highest BCUT2D eigenvalue weighted by atomic mass is 19.1. The molecule has 45 heavy (non-hydrogen) atoms. The standard InChI is InChI=1S/C35H40F2N6O2/c1-22(2)35(37)11-8-31-27(18-35)16-25-15-26(17-29(36)33(25)41-31)34(45)42-32(10-14-43-13-4-3-5-28(43)21-44)23-6-7-30(38-19-23)24-9-12-39-40-20-24/h6-7,9,12,15-17,19-20,22,28,32,44H,3-5,8,10-11,13-14,18,21H2,1-2H3,(H,42,45)/t28?,32?,35-/m0/s1. The van der Waals surface area contributed by atoms with Gasteiger partial charge in [0.15, 0.2) is 0 Å². The first-order valence-electron chi connectivity index (χ1n) is 15.9. The van der Waals surface area contributed by atoms with Crippen molar-refractivity contribution >= 4 is 16.8 Å². The fourth-order valence-electron chi connectivity index (χ4n) is 6.69. The van der Waals surface area contributed by atoms with E-state index in [9.17, 15) is 9.90 Å². The minimum Gasteiger partial charge on any atom is -0.395 e. The summed E-state index contributed by atoms with van der Waals surface area (Å²) in [4.78, 5) is 25.2. The summed E-state index contributed by atoms with van der Waals surface area (Å²) in [6, 6.07) is 10.0. The summed E-state index contributed by atoms with van der Waals surface area (Å²) in [5.74, 6) is -1.14. The Bertz CT molecular complexity index is 1650. The Hall–Kier alpha value is -3.89. The van der Waals surface area contributed by atoms with Crippen molar-refractivity contribution in [3.63, 3.8) is 0 Å². The molecule has 10 heteroatoms. The van der Waals surface area contributed by atoms with Crippen molar-refractivity contribution in [3.05, 3.63) is 83.2 Å². The minimum atomic E-state index is -1.33. The van der Waals surface area contributed by atoms with Crippen molar-refractivity contribution in [2.45, 2.75) is 76.5 Å². The van der Waals surface area contributed by atoms with Gasteiger partial charge >= 0.3 is 0 Å². The zero-order chi connectivity index (χ0) is 31.6. The number of aliphatic hydroxyl groups is 1. The summed E-state index contributed by atoms with van der Waals surface area (Å²) in [6.45, 7) is 5.43. The third kappa shape index (κ3) is 6.72. The van der Waals surface area contributed by atoms with Gasteiger partial charge in [0.2, 0.25) is 0 Å². The van der Waals surface area contributed by atoms with Crippen molar-refractivity contribution in [1.29, 1.82) is 0 Å². The largest absolute Gasteiger partial charge is 0.395 e. The van der Waals surface area contributed by atoms with Crippen LogP contribution in [0.15, 0.2) is 55.0 Å². The summed E-state index contributed by atoms with van der Waals surface area (Å²) in [5, 5.41) is 21.3. The van der Waals surface area contributed by atoms with E-state index >= 15 is 8.78 Å². The van der Waals surface area contributed by atoms with Gasteiger partial charge in [0.05, 0.1) is 30.7 Å². The fraction of sp³-hybridized carbons (Fsp3) is 0.457. The second-order valence-electron chi connectivity index (χ2n) is 12.8. The molecule has 3 atom stereocenters. The molecular formula is C35H40F2N6O2. The van der Waals surface area contributed by atoms with Crippen molar-refractivity contribution < 1.29 is 18.7 Å². The molecule has 2 N–H and O–H groups in total. The number of benzene rings is 1. The lowest BCUT2D eigenvalue weighted by molar-refractivity contribution is 0.0820. The lowest BCUT2D eigenvalue weighted by Gasteiger charge is -2.35. The summed E-state index contributed by atoms with van der Waals surface area (Å²) in [6.07, 6.45) is 9.73. The fourth-order valence-corrected chi connectivity index (χ4v) is 6.69. The molecular weight excluding hydrogens is 574 g/mol. The normalized spacial score (nSPS) is 21.1. The van der Waals surface area contributed by atoms with Crippen LogP contribution >= 0.6 is 0 Å². The predicted molar refractivity (Wildman–Crippen MR) is 169 cm³/mol. The summed E-state index contributed by atoms with van der Waals surface area (Å²) in [5.41, 5.74) is 2.93. The molecule has 1 saturated heterocycles. The number of nitrogens with one attached hydrogen (secondary N) is 1. The number of aryl methyl sites for hydroxylation is 1. The van der Waals surface area contributed by atoms with E-state index < -0.39 is 23.4 Å². The van der Waals surface area contributed by atoms with Gasteiger partial charge in [-0.25, -0.2) is 13.8 Å². The Kier molecular flexibility index (Phi) is 9.14. The molecule has 8 nitrogen and oxygen atoms in total. The molecule has 3 aromatic heterocycles. The molecule has 4 heterocycles. The number of rotatable bonds is 9. The Balaban J connectivity index is 1.27. The van der Waals surface area contributed by atoms with Crippen LogP contribution in [0, 0.1) is 11.7 Å². The van der Waals surface area contributed by atoms with Crippen LogP contribution < -0.4 is 5.32 Å². The van der Waals surface area contributed by atoms with Crippen LogP contribution in [-0.2, 0) is 12.8 Å². The van der Waals surface area contributed by atoms with E-state index in [2.05, 4.69) is 30.4 Å². The van der Waals surface area contributed by atoms with Gasteiger partial charge in [-0.05, 0) is 86.0 Å². The van der Waals surface area contributed by atoms with Gasteiger partial charge in [0.1, 0.15) is 17.0 Å². The zero-order valence-corrected chi connectivity index (χ0v) is 25.8. The number of fused-ring (bicyclic) bond motifs is 2. The number of hydrogen-bond acceptors (Lipinski definition) is 7. The number of alkyl halides is 1. The van der Waals surface area contributed by atoms with E-state index in [0.29, 0.717) is 31.2 Å². The van der Waals surface area contributed by atoms with E-state index in [1.807, 2.05) is 32.0 Å². The molecule has 2 unspecified atom stereocenters. The van der Waals surface area contributed by atoms with Crippen LogP contribution in [-0.4, -0.2) is 67.5 Å². The number of amides is 1. The summed E-state index contributed by atoms with van der Waals surface area (Å²) in [7, 11) is 0. The molecule has 1 fully saturated rings. The summed E-state index contributed by atoms with van der Waals surface area (Å²) < 4.78 is 31.0. The number of aliphatic hydroxyl groups excluding tert-OH is 1. The SMILES string of the molecule is CC(C)[C@]1(F)CCc2nc3c(F)cc(C(=O)NC(CCN4CCCCC4CO)c4ccc(-c5ccnnc5)nc4)cc3cc2C1. The third-order valence-corrected chi connectivity index (χ3v) is 9.64. The van der Waals surface area contributed by atoms with Gasteiger partial charge in [0, 0.05) is 47.4 Å². The van der Waals surface area contributed by atoms with E-state index in [0.717, 1.165) is 53.9 Å². The first-order valence-corrected chi connectivity index (χ1v) is 15.9. The molecule has 236 valence electrons. The molecule has 0 saturated carbocycles. The van der Waals surface area contributed by atoms with Gasteiger partial charge in [-0.2, -0.15) is 10.2 Å². The number of aromatic nitrogens is 4. The van der Waals surface area contributed by atoms with Crippen molar-refractivity contribution in [2.75, 3.05) is 19.7 Å². The average molecular weight is 615 g/mol. The number of nitrogens with zero attached hydrogens (tertiary/aromatic N) is 5. The lowest BCUT2D eigenvalue weighted by Crippen LogP contribution is -2.43. The van der Waals surface area contributed by atoms with Crippen LogP contribution in [0.2, 0.25) is 0 Å². The topological polar surface area (TPSA) is 104 Å². The van der Waals surface area contributed by atoms with E-state index in [4.69, 9.17) is 0 Å². The van der Waals surface area contributed by atoms with Gasteiger partial charge < -0.3 is 10.4 Å². The molecule has 1 aliphatic carbocycles. The molecule has 2 aliphatic rings. The average Bonchev–Trinajstić information content (AvgIpc) is 3.06. The van der Waals surface area contributed by atoms with Gasteiger partial charge in [-0.3, -0.25) is 14.7 Å². The predicted octanol–water partition coefficient (Wildman–Crippen LogP) is 5.79. The number of carbonyl (C=O) groups excluding carboxylic acids is 1. The molecule has 1 amide bonds. The highest BCUT2D eigenvalue weighted by Crippen LogP contribution is 2.38. The highest BCUT2D eigenvalue weighted by molar-refractivity contribution is 5.98. The second kappa shape index (κ2) is 13.2. The first-order chi connectivity index (χ1) is 21.7. The Labute approximate surface area is 262 Å². The van der Waals surface area contributed by atoms with Crippen LogP contribution in [0.5, 0.6) is 0 Å². The molecule has 1 aliphatic heterocycles. The van der Waals surface area contributed by atoms with Crippen molar-refractivity contribution in [3.8, 4) is 11.3 Å². The van der Waals surface area contributed by atoms with Crippen LogP contribution in [0.1, 0.15) is 79.2 Å². The summed E-state index contributed by atoms with van der Waals surface area (Å²) >= 11 is 0. The molecule has 6 rings (SSSR count). The number of pyridine rings is 2. The Morgan fingerprint density at radius 1 is 1.16 bits per heavy atom. The number of piperidine rings is 1. The smallest absolute Gasteiger partial charge is 0.251 e. The Morgan fingerprint density at radius 2 is 2.02 bits per heavy atom. The monoisotopic (exact) mass is 614 g/mol. The molecule has 1 aromatic carbocycles. The van der Waals surface area contributed by atoms with E-state index in [1.54, 1.807) is 30.7 Å². The Morgan fingerprint density at radius 3 is 2.76 bits per heavy atom. The maximum absolute atomic E-state index is 15.5. The van der Waals surface area contributed by atoms with E-state index in [-0.39, 0.29) is 36.1 Å². The first kappa shape index (κ1) is 31.1. The van der Waals surface area contributed by atoms with Gasteiger partial charge in [-0.1, -0.05) is 26.3 Å².